The molecule has 3 rings (SSSR count). The molecule has 1 aromatic rings. The number of para-hydroxylation sites is 1. The van der Waals surface area contributed by atoms with Gasteiger partial charge in [-0.25, -0.2) is 8.42 Å². The Labute approximate surface area is 145 Å². The molecular formula is C16H19N3O5S. The number of benzene rings is 1. The predicted octanol–water partition coefficient (Wildman–Crippen LogP) is -0.179. The molecule has 0 bridgehead atoms. The summed E-state index contributed by atoms with van der Waals surface area (Å²) in [5, 5.41) is 7.97. The molecule has 9 heteroatoms. The zero-order chi connectivity index (χ0) is 18.0. The summed E-state index contributed by atoms with van der Waals surface area (Å²) < 4.78 is 22.8. The molecule has 1 saturated heterocycles. The van der Waals surface area contributed by atoms with Gasteiger partial charge in [-0.3, -0.25) is 14.4 Å². The van der Waals surface area contributed by atoms with Crippen molar-refractivity contribution in [3.63, 3.8) is 0 Å². The number of amides is 3. The van der Waals surface area contributed by atoms with Gasteiger partial charge in [-0.05, 0) is 25.0 Å². The van der Waals surface area contributed by atoms with Crippen LogP contribution in [0.4, 0.5) is 5.69 Å². The second-order valence-corrected chi connectivity index (χ2v) is 8.50. The Bertz CT molecular complexity index is 821. The largest absolute Gasteiger partial charge is 0.352 e. The molecule has 0 saturated carbocycles. The molecule has 3 amide bonds. The Kier molecular flexibility index (Phi) is 4.76. The van der Waals surface area contributed by atoms with Gasteiger partial charge >= 0.3 is 0 Å². The maximum Gasteiger partial charge on any atom is 0.254 e. The monoisotopic (exact) mass is 365 g/mol. The molecule has 2 heterocycles. The van der Waals surface area contributed by atoms with E-state index in [0.29, 0.717) is 17.7 Å². The summed E-state index contributed by atoms with van der Waals surface area (Å²) in [5.41, 5.74) is 0.812. The minimum Gasteiger partial charge on any atom is -0.352 e. The van der Waals surface area contributed by atoms with Gasteiger partial charge in [0, 0.05) is 12.5 Å². The van der Waals surface area contributed by atoms with Gasteiger partial charge in [0.25, 0.3) is 5.91 Å². The van der Waals surface area contributed by atoms with E-state index in [0.717, 1.165) is 0 Å². The predicted molar refractivity (Wildman–Crippen MR) is 90.8 cm³/mol. The van der Waals surface area contributed by atoms with Gasteiger partial charge in [-0.2, -0.15) is 0 Å². The first-order valence-electron chi connectivity index (χ1n) is 8.04. The normalized spacial score (nSPS) is 24.6. The quantitative estimate of drug-likeness (QED) is 0.683. The van der Waals surface area contributed by atoms with E-state index in [1.807, 2.05) is 0 Å². The van der Waals surface area contributed by atoms with Crippen molar-refractivity contribution in [3.8, 4) is 0 Å². The van der Waals surface area contributed by atoms with Crippen LogP contribution < -0.4 is 16.0 Å². The highest BCUT2D eigenvalue weighted by atomic mass is 32.2. The minimum absolute atomic E-state index is 0.0191. The van der Waals surface area contributed by atoms with Crippen molar-refractivity contribution in [2.75, 3.05) is 16.8 Å². The van der Waals surface area contributed by atoms with Crippen LogP contribution in [-0.2, 0) is 19.4 Å². The van der Waals surface area contributed by atoms with Gasteiger partial charge in [0.05, 0.1) is 22.8 Å². The van der Waals surface area contributed by atoms with Crippen molar-refractivity contribution in [2.45, 2.75) is 31.3 Å². The second-order valence-electron chi connectivity index (χ2n) is 6.27. The Hall–Kier alpha value is -2.42. The Morgan fingerprint density at radius 1 is 1.24 bits per heavy atom. The van der Waals surface area contributed by atoms with Crippen LogP contribution >= 0.6 is 0 Å². The number of carbonyl (C=O) groups is 3. The molecule has 0 spiro atoms. The standard InChI is InChI=1S/C16H19N3O5S/c20-14(17-10-7-8-25(23,24)9-10)6-5-13-16(22)18-12-4-2-1-3-11(12)15(21)19-13/h1-4,10,13H,5-9H2,(H,17,20)(H,18,22)(H,19,21)/t10-,13-/m0/s1. The van der Waals surface area contributed by atoms with Crippen LogP contribution in [0.3, 0.4) is 0 Å². The molecular weight excluding hydrogens is 346 g/mol. The summed E-state index contributed by atoms with van der Waals surface area (Å²) in [5.74, 6) is -1.05. The van der Waals surface area contributed by atoms with Gasteiger partial charge in [0.1, 0.15) is 6.04 Å². The molecule has 2 atom stereocenters. The van der Waals surface area contributed by atoms with E-state index in [2.05, 4.69) is 16.0 Å². The highest BCUT2D eigenvalue weighted by Gasteiger charge is 2.30. The maximum atomic E-state index is 12.2. The third kappa shape index (κ3) is 4.16. The Morgan fingerprint density at radius 2 is 2.00 bits per heavy atom. The van der Waals surface area contributed by atoms with E-state index < -0.39 is 15.9 Å². The van der Waals surface area contributed by atoms with Crippen LogP contribution in [0.25, 0.3) is 0 Å². The number of hydrogen-bond acceptors (Lipinski definition) is 5. The van der Waals surface area contributed by atoms with E-state index in [1.54, 1.807) is 24.3 Å². The highest BCUT2D eigenvalue weighted by Crippen LogP contribution is 2.19. The van der Waals surface area contributed by atoms with Gasteiger partial charge in [0.15, 0.2) is 9.84 Å². The van der Waals surface area contributed by atoms with E-state index in [-0.39, 0.29) is 48.1 Å². The van der Waals surface area contributed by atoms with Crippen molar-refractivity contribution in [2.24, 2.45) is 0 Å². The molecule has 25 heavy (non-hydrogen) atoms. The lowest BCUT2D eigenvalue weighted by molar-refractivity contribution is -0.122. The summed E-state index contributed by atoms with van der Waals surface area (Å²) >= 11 is 0. The van der Waals surface area contributed by atoms with E-state index in [1.165, 1.54) is 0 Å². The first-order valence-corrected chi connectivity index (χ1v) is 9.87. The topological polar surface area (TPSA) is 121 Å². The number of nitrogens with one attached hydrogen (secondary N) is 3. The van der Waals surface area contributed by atoms with Gasteiger partial charge < -0.3 is 16.0 Å². The number of anilines is 1. The lowest BCUT2D eigenvalue weighted by Crippen LogP contribution is -2.42. The number of rotatable bonds is 4. The van der Waals surface area contributed by atoms with Gasteiger partial charge in [-0.1, -0.05) is 12.1 Å². The molecule has 1 aromatic carbocycles. The number of sulfone groups is 1. The summed E-state index contributed by atoms with van der Waals surface area (Å²) in [6, 6.07) is 5.48. The second kappa shape index (κ2) is 6.83. The van der Waals surface area contributed by atoms with Crippen molar-refractivity contribution < 1.29 is 22.8 Å². The summed E-state index contributed by atoms with van der Waals surface area (Å²) in [7, 11) is -3.06. The summed E-state index contributed by atoms with van der Waals surface area (Å²) in [4.78, 5) is 36.4. The Morgan fingerprint density at radius 3 is 2.72 bits per heavy atom. The van der Waals surface area contributed by atoms with Crippen molar-refractivity contribution in [1.82, 2.24) is 10.6 Å². The fraction of sp³-hybridized carbons (Fsp3) is 0.438. The summed E-state index contributed by atoms with van der Waals surface area (Å²) in [6.07, 6.45) is 0.562. The van der Waals surface area contributed by atoms with Crippen LogP contribution in [0.1, 0.15) is 29.6 Å². The fourth-order valence-corrected chi connectivity index (χ4v) is 4.67. The van der Waals surface area contributed by atoms with Crippen LogP contribution in [0, 0.1) is 0 Å². The molecule has 2 aliphatic rings. The van der Waals surface area contributed by atoms with Gasteiger partial charge in [0.2, 0.25) is 11.8 Å². The first kappa shape index (κ1) is 17.4. The molecule has 134 valence electrons. The average molecular weight is 365 g/mol. The first-order chi connectivity index (χ1) is 11.8. The molecule has 0 radical (unpaired) electrons. The number of hydrogen-bond donors (Lipinski definition) is 3. The van der Waals surface area contributed by atoms with Crippen LogP contribution in [0.2, 0.25) is 0 Å². The van der Waals surface area contributed by atoms with Crippen molar-refractivity contribution >= 4 is 33.2 Å². The van der Waals surface area contributed by atoms with Crippen molar-refractivity contribution in [1.29, 1.82) is 0 Å². The number of fused-ring (bicyclic) bond motifs is 1. The smallest absolute Gasteiger partial charge is 0.254 e. The molecule has 8 nitrogen and oxygen atoms in total. The average Bonchev–Trinajstić information content (AvgIpc) is 2.83. The number of carbonyl (C=O) groups excluding carboxylic acids is 3. The molecule has 0 aliphatic carbocycles. The van der Waals surface area contributed by atoms with Crippen molar-refractivity contribution in [3.05, 3.63) is 29.8 Å². The van der Waals surface area contributed by atoms with Crippen LogP contribution in [0.15, 0.2) is 24.3 Å². The van der Waals surface area contributed by atoms with E-state index in [4.69, 9.17) is 0 Å². The third-order valence-electron chi connectivity index (χ3n) is 4.31. The summed E-state index contributed by atoms with van der Waals surface area (Å²) in [6.45, 7) is 0. The molecule has 3 N–H and O–H groups in total. The molecule has 2 aliphatic heterocycles. The molecule has 0 aromatic heterocycles. The maximum absolute atomic E-state index is 12.2. The van der Waals surface area contributed by atoms with E-state index >= 15 is 0 Å². The van der Waals surface area contributed by atoms with E-state index in [9.17, 15) is 22.8 Å². The third-order valence-corrected chi connectivity index (χ3v) is 6.08. The van der Waals surface area contributed by atoms with Crippen LogP contribution in [0.5, 0.6) is 0 Å². The van der Waals surface area contributed by atoms with Gasteiger partial charge in [-0.15, -0.1) is 0 Å². The highest BCUT2D eigenvalue weighted by molar-refractivity contribution is 7.91. The Balaban J connectivity index is 1.56. The zero-order valence-electron chi connectivity index (χ0n) is 13.4. The van der Waals surface area contributed by atoms with Crippen LogP contribution in [-0.4, -0.2) is 49.7 Å². The SMILES string of the molecule is O=C(CC[C@@H]1NC(=O)c2ccccc2NC1=O)N[C@H]1CCS(=O)(=O)C1. The fourth-order valence-electron chi connectivity index (χ4n) is 3.00. The molecule has 1 fully saturated rings. The lowest BCUT2D eigenvalue weighted by atomic mass is 10.1. The minimum atomic E-state index is -3.06. The lowest BCUT2D eigenvalue weighted by Gasteiger charge is -2.15. The molecule has 0 unspecified atom stereocenters. The zero-order valence-corrected chi connectivity index (χ0v) is 14.3.